The number of nitrogens with one attached hydrogen (secondary N) is 4. The molecule has 22 heteroatoms. The molecule has 4 aromatic rings. The van der Waals surface area contributed by atoms with Crippen LogP contribution in [-0.2, 0) is 60.6 Å². The van der Waals surface area contributed by atoms with E-state index in [0.29, 0.717) is 44.3 Å². The summed E-state index contributed by atoms with van der Waals surface area (Å²) < 4.78 is 52.7. The third-order valence-corrected chi connectivity index (χ3v) is 14.2. The first-order chi connectivity index (χ1) is 36.4. The first-order valence-electron chi connectivity index (χ1n) is 26.5. The molecule has 2 aromatic carbocycles. The van der Waals surface area contributed by atoms with Crippen molar-refractivity contribution in [3.05, 3.63) is 59.2 Å². The molecule has 4 N–H and O–H groups in total. The van der Waals surface area contributed by atoms with E-state index in [1.807, 2.05) is 0 Å². The Morgan fingerprint density at radius 3 is 1.28 bits per heavy atom. The van der Waals surface area contributed by atoms with Gasteiger partial charge in [0, 0.05) is 74.7 Å². The first kappa shape index (κ1) is 60.0. The van der Waals surface area contributed by atoms with Crippen LogP contribution in [0, 0.1) is 11.6 Å². The van der Waals surface area contributed by atoms with Crippen LogP contribution in [0.3, 0.4) is 0 Å². The predicted octanol–water partition coefficient (Wildman–Crippen LogP) is 7.05. The number of benzene rings is 2. The van der Waals surface area contributed by atoms with Crippen molar-refractivity contribution >= 4 is 69.6 Å². The number of ether oxygens (including phenoxy) is 4. The van der Waals surface area contributed by atoms with Gasteiger partial charge < -0.3 is 49.3 Å². The average Bonchev–Trinajstić information content (AvgIpc) is 4.21. The molecule has 0 aliphatic carbocycles. The number of carbonyl (C=O) groups is 8. The summed E-state index contributed by atoms with van der Waals surface area (Å²) in [5.41, 5.74) is 1.29. The molecule has 20 nitrogen and oxygen atoms in total. The number of esters is 2. The number of halogens is 2. The molecular formula is C56H76F2N8O12. The lowest BCUT2D eigenvalue weighted by Gasteiger charge is -2.31. The molecule has 6 amide bonds. The largest absolute Gasteiger partial charge is 0.461 e. The molecule has 6 rings (SSSR count). The minimum Gasteiger partial charge on any atom is -0.461 e. The van der Waals surface area contributed by atoms with Crippen molar-refractivity contribution in [2.75, 3.05) is 27.2 Å². The van der Waals surface area contributed by atoms with Crippen LogP contribution in [0.1, 0.15) is 120 Å². The summed E-state index contributed by atoms with van der Waals surface area (Å²) in [4.78, 5) is 120. The number of H-pyrrole nitrogens is 2. The van der Waals surface area contributed by atoms with Gasteiger partial charge in [-0.25, -0.2) is 18.4 Å². The molecule has 2 aliphatic heterocycles. The van der Waals surface area contributed by atoms with Crippen molar-refractivity contribution in [3.63, 3.8) is 0 Å². The number of fused-ring (bicyclic) bond motifs is 2. The van der Waals surface area contributed by atoms with Crippen LogP contribution in [0.15, 0.2) is 36.4 Å². The van der Waals surface area contributed by atoms with E-state index in [-0.39, 0.29) is 51.6 Å². The number of aromatic nitrogens is 2. The van der Waals surface area contributed by atoms with Gasteiger partial charge in [-0.1, -0.05) is 13.8 Å². The Hall–Kier alpha value is -7.26. The Kier molecular flexibility index (Phi) is 18.6. The standard InChI is InChI=1S/C56H76F2N8O12/c1-15-43(61-49(69)29(3)63(13)53(73)77-55(7,8)9)51(71)65-27-37(75-31(5)67)23-35(65)25-41-39-19-17-33(57)21-45(39)59-47(41)48-42(40-20-18-34(58)22-46(40)60-48)26-36-24-38(76-32(6)68)28-66(36)52(72)44(16-2)62-50(70)30(4)64(14)54(74)78-56(10,11)12/h17-22,29-30,35-38,43-44,59-60H,15-16,23-28H2,1-14H3,(H,61,69)(H,62,70). The number of likely N-dealkylation sites (N-methyl/N-ethyl adjacent to an activating group) is 2. The average molecular weight is 1090 g/mol. The predicted molar refractivity (Wildman–Crippen MR) is 286 cm³/mol. The van der Waals surface area contributed by atoms with Crippen molar-refractivity contribution in [1.29, 1.82) is 0 Å². The fraction of sp³-hybridized carbons (Fsp3) is 0.571. The number of amides is 6. The molecule has 2 fully saturated rings. The van der Waals surface area contributed by atoms with Gasteiger partial charge in [-0.15, -0.1) is 0 Å². The van der Waals surface area contributed by atoms with Crippen LogP contribution < -0.4 is 10.6 Å². The Morgan fingerprint density at radius 1 is 0.628 bits per heavy atom. The van der Waals surface area contributed by atoms with Crippen molar-refractivity contribution in [3.8, 4) is 11.4 Å². The van der Waals surface area contributed by atoms with Crippen LogP contribution in [0.4, 0.5) is 18.4 Å². The summed E-state index contributed by atoms with van der Waals surface area (Å²) in [7, 11) is 2.85. The molecule has 426 valence electrons. The Bertz CT molecular complexity index is 2730. The minimum atomic E-state index is -1.06. The summed E-state index contributed by atoms with van der Waals surface area (Å²) in [6, 6.07) is 2.98. The highest BCUT2D eigenvalue weighted by Gasteiger charge is 2.43. The molecule has 2 aliphatic rings. The van der Waals surface area contributed by atoms with Gasteiger partial charge >= 0.3 is 24.1 Å². The molecule has 8 atom stereocenters. The Labute approximate surface area is 453 Å². The zero-order valence-electron chi connectivity index (χ0n) is 47.2. The number of aromatic amines is 2. The molecular weight excluding hydrogens is 1010 g/mol. The zero-order valence-corrected chi connectivity index (χ0v) is 47.2. The molecule has 0 bridgehead atoms. The van der Waals surface area contributed by atoms with E-state index >= 15 is 8.78 Å². The lowest BCUT2D eigenvalue weighted by molar-refractivity contribution is -0.147. The van der Waals surface area contributed by atoms with Crippen LogP contribution in [0.25, 0.3) is 33.2 Å². The second-order valence-electron chi connectivity index (χ2n) is 22.4. The zero-order chi connectivity index (χ0) is 57.9. The minimum absolute atomic E-state index is 0.0142. The second-order valence-corrected chi connectivity index (χ2v) is 22.4. The SMILES string of the molecule is CCC(NC(=O)C(C)N(C)C(=O)OC(C)(C)C)C(=O)N1CC(OC(C)=O)CC1Cc1c(-c2[nH]c3cc(F)ccc3c2CC2CC(OC(C)=O)CN2C(=O)C(CC)NC(=O)C(C)N(C)C(=O)OC(C)(C)C)[nH]c2cc(F)ccc12. The molecule has 2 aromatic heterocycles. The number of hydrogen-bond acceptors (Lipinski definition) is 12. The maximum atomic E-state index is 15.2. The monoisotopic (exact) mass is 1090 g/mol. The third kappa shape index (κ3) is 14.3. The topological polar surface area (TPSA) is 242 Å². The van der Waals surface area contributed by atoms with Crippen molar-refractivity contribution < 1.29 is 66.1 Å². The Morgan fingerprint density at radius 2 is 0.974 bits per heavy atom. The van der Waals surface area contributed by atoms with Crippen molar-refractivity contribution in [2.45, 2.75) is 181 Å². The van der Waals surface area contributed by atoms with Gasteiger partial charge in [-0.05, 0) is 129 Å². The van der Waals surface area contributed by atoms with E-state index in [2.05, 4.69) is 20.6 Å². The molecule has 0 spiro atoms. The fourth-order valence-corrected chi connectivity index (χ4v) is 10.1. The van der Waals surface area contributed by atoms with Gasteiger partial charge in [-0.3, -0.25) is 38.6 Å². The highest BCUT2D eigenvalue weighted by molar-refractivity contribution is 5.97. The Balaban J connectivity index is 1.38. The summed E-state index contributed by atoms with van der Waals surface area (Å²) in [6.07, 6.45) is -2.00. The molecule has 0 radical (unpaired) electrons. The van der Waals surface area contributed by atoms with Crippen LogP contribution in [-0.4, -0.2) is 164 Å². The van der Waals surface area contributed by atoms with Crippen molar-refractivity contribution in [2.24, 2.45) is 0 Å². The number of likely N-dealkylation sites (tertiary alicyclic amines) is 2. The van der Waals surface area contributed by atoms with Gasteiger partial charge in [0.15, 0.2) is 0 Å². The number of hydrogen-bond donors (Lipinski definition) is 4. The van der Waals surface area contributed by atoms with Gasteiger partial charge in [-0.2, -0.15) is 0 Å². The summed E-state index contributed by atoms with van der Waals surface area (Å²) >= 11 is 0. The van der Waals surface area contributed by atoms with E-state index in [0.717, 1.165) is 9.80 Å². The highest BCUT2D eigenvalue weighted by atomic mass is 19.1. The maximum Gasteiger partial charge on any atom is 0.410 e. The second kappa shape index (κ2) is 24.2. The molecule has 78 heavy (non-hydrogen) atoms. The summed E-state index contributed by atoms with van der Waals surface area (Å²) in [6.45, 7) is 19.2. The summed E-state index contributed by atoms with van der Waals surface area (Å²) in [5.74, 6) is -4.34. The van der Waals surface area contributed by atoms with Gasteiger partial charge in [0.1, 0.15) is 59.2 Å². The summed E-state index contributed by atoms with van der Waals surface area (Å²) in [5, 5.41) is 6.80. The normalized spacial score (nSPS) is 19.2. The van der Waals surface area contributed by atoms with Gasteiger partial charge in [0.25, 0.3) is 0 Å². The smallest absolute Gasteiger partial charge is 0.410 e. The van der Waals surface area contributed by atoms with Gasteiger partial charge in [0.05, 0.1) is 24.5 Å². The highest BCUT2D eigenvalue weighted by Crippen LogP contribution is 2.40. The number of rotatable bonds is 17. The van der Waals surface area contributed by atoms with Crippen molar-refractivity contribution in [1.82, 2.24) is 40.2 Å². The first-order valence-corrected chi connectivity index (χ1v) is 26.5. The van der Waals surface area contributed by atoms with Crippen LogP contribution in [0.2, 0.25) is 0 Å². The fourth-order valence-electron chi connectivity index (χ4n) is 10.1. The van der Waals surface area contributed by atoms with Gasteiger partial charge in [0.2, 0.25) is 23.6 Å². The van der Waals surface area contributed by atoms with E-state index in [9.17, 15) is 38.4 Å². The quantitative estimate of drug-likeness (QED) is 0.0615. The third-order valence-electron chi connectivity index (χ3n) is 14.2. The molecule has 4 heterocycles. The maximum absolute atomic E-state index is 15.2. The van der Waals surface area contributed by atoms with E-state index in [4.69, 9.17) is 18.9 Å². The molecule has 0 saturated carbocycles. The van der Waals surface area contributed by atoms with E-state index < -0.39 is 119 Å². The number of carbonyl (C=O) groups excluding carboxylic acids is 8. The van der Waals surface area contributed by atoms with Crippen LogP contribution >= 0.6 is 0 Å². The van der Waals surface area contributed by atoms with E-state index in [1.54, 1.807) is 77.3 Å². The number of nitrogens with zero attached hydrogens (tertiary/aromatic N) is 4. The van der Waals surface area contributed by atoms with Crippen LogP contribution in [0.5, 0.6) is 0 Å². The molecule has 2 saturated heterocycles. The molecule has 8 unspecified atom stereocenters. The van der Waals surface area contributed by atoms with E-state index in [1.165, 1.54) is 66.1 Å². The lowest BCUT2D eigenvalue weighted by atomic mass is 9.94. The lowest BCUT2D eigenvalue weighted by Crippen LogP contribution is -2.55.